The maximum Gasteiger partial charge on any atom is 0.313 e. The number of carbonyl (C=O) groups excluding carboxylic acids is 2. The number of carbonyl (C=O) groups is 2. The molecule has 0 bridgehead atoms. The molecule has 1 saturated heterocycles. The predicted octanol–water partition coefficient (Wildman–Crippen LogP) is -0.166. The zero-order chi connectivity index (χ0) is 13.8. The summed E-state index contributed by atoms with van der Waals surface area (Å²) in [5, 5.41) is 9.82. The maximum absolute atomic E-state index is 11.9. The van der Waals surface area contributed by atoms with Crippen molar-refractivity contribution in [2.45, 2.75) is 19.9 Å². The third-order valence-corrected chi connectivity index (χ3v) is 2.99. The molecule has 0 unspecified atom stereocenters. The smallest absolute Gasteiger partial charge is 0.313 e. The molecule has 0 spiro atoms. The monoisotopic (exact) mass is 265 g/mol. The molecule has 2 heterocycles. The van der Waals surface area contributed by atoms with E-state index < -0.39 is 11.8 Å². The lowest BCUT2D eigenvalue weighted by molar-refractivity contribution is -0.143. The van der Waals surface area contributed by atoms with E-state index in [1.165, 1.54) is 0 Å². The van der Waals surface area contributed by atoms with Gasteiger partial charge in [0.25, 0.3) is 0 Å². The minimum absolute atomic E-state index is 0.217. The van der Waals surface area contributed by atoms with Gasteiger partial charge in [0.1, 0.15) is 0 Å². The summed E-state index contributed by atoms with van der Waals surface area (Å²) in [6, 6.07) is 0.217. The minimum Gasteiger partial charge on any atom is -0.332 e. The number of piperazine rings is 1. The van der Waals surface area contributed by atoms with Crippen LogP contribution in [-0.4, -0.2) is 52.7 Å². The highest BCUT2D eigenvalue weighted by Crippen LogP contribution is 2.10. The van der Waals surface area contributed by atoms with Crippen LogP contribution in [0, 0.1) is 0 Å². The highest BCUT2D eigenvalue weighted by molar-refractivity contribution is 6.39. The average Bonchev–Trinajstić information content (AvgIpc) is 2.87. The molecule has 1 aliphatic heterocycles. The minimum atomic E-state index is -0.606. The molecule has 0 saturated carbocycles. The van der Waals surface area contributed by atoms with E-state index in [4.69, 9.17) is 0 Å². The van der Waals surface area contributed by atoms with E-state index in [1.54, 1.807) is 22.0 Å². The van der Waals surface area contributed by atoms with Gasteiger partial charge in [0.05, 0.1) is 11.9 Å². The molecule has 1 aliphatic rings. The Balaban J connectivity index is 1.93. The number of hydrogen-bond acceptors (Lipinski definition) is 4. The van der Waals surface area contributed by atoms with E-state index in [2.05, 4.69) is 15.7 Å². The lowest BCUT2D eigenvalue weighted by Gasteiger charge is -2.26. The summed E-state index contributed by atoms with van der Waals surface area (Å²) < 4.78 is 1.73. The van der Waals surface area contributed by atoms with Crippen LogP contribution in [0.4, 0.5) is 5.69 Å². The molecule has 2 amide bonds. The highest BCUT2D eigenvalue weighted by atomic mass is 16.2. The van der Waals surface area contributed by atoms with Crippen LogP contribution in [0.1, 0.15) is 19.9 Å². The lowest BCUT2D eigenvalue weighted by atomic mass is 10.3. The number of nitrogens with one attached hydrogen (secondary N) is 2. The third kappa shape index (κ3) is 3.31. The number of aromatic nitrogens is 2. The van der Waals surface area contributed by atoms with Crippen molar-refractivity contribution < 1.29 is 9.59 Å². The van der Waals surface area contributed by atoms with Crippen LogP contribution in [-0.2, 0) is 9.59 Å². The van der Waals surface area contributed by atoms with Crippen molar-refractivity contribution >= 4 is 17.5 Å². The van der Waals surface area contributed by atoms with Crippen molar-refractivity contribution in [3.63, 3.8) is 0 Å². The van der Waals surface area contributed by atoms with E-state index in [1.807, 2.05) is 13.8 Å². The van der Waals surface area contributed by atoms with E-state index >= 15 is 0 Å². The summed E-state index contributed by atoms with van der Waals surface area (Å²) in [6.07, 6.45) is 3.26. The van der Waals surface area contributed by atoms with E-state index in [0.29, 0.717) is 18.8 Å². The summed E-state index contributed by atoms with van der Waals surface area (Å²) in [7, 11) is 0. The van der Waals surface area contributed by atoms with Crippen molar-refractivity contribution in [2.24, 2.45) is 0 Å². The molecule has 1 aromatic heterocycles. The number of hydrogen-bond donors (Lipinski definition) is 2. The molecule has 104 valence electrons. The Bertz CT molecular complexity index is 462. The van der Waals surface area contributed by atoms with Crippen LogP contribution >= 0.6 is 0 Å². The van der Waals surface area contributed by atoms with E-state index in [-0.39, 0.29) is 6.04 Å². The van der Waals surface area contributed by atoms with E-state index in [0.717, 1.165) is 13.1 Å². The second kappa shape index (κ2) is 5.83. The SMILES string of the molecule is CC(C)n1cc(NC(=O)C(=O)N2CCNCC2)cn1. The van der Waals surface area contributed by atoms with Gasteiger partial charge in [-0.15, -0.1) is 0 Å². The zero-order valence-electron chi connectivity index (χ0n) is 11.2. The Morgan fingerprint density at radius 2 is 2.05 bits per heavy atom. The largest absolute Gasteiger partial charge is 0.332 e. The van der Waals surface area contributed by atoms with Gasteiger partial charge in [0.15, 0.2) is 0 Å². The fourth-order valence-corrected chi connectivity index (χ4v) is 1.88. The molecule has 7 nitrogen and oxygen atoms in total. The summed E-state index contributed by atoms with van der Waals surface area (Å²) in [6.45, 7) is 6.57. The van der Waals surface area contributed by atoms with Gasteiger partial charge < -0.3 is 15.5 Å². The first-order valence-electron chi connectivity index (χ1n) is 6.43. The van der Waals surface area contributed by atoms with Gasteiger partial charge in [-0.3, -0.25) is 14.3 Å². The molecule has 1 aromatic rings. The standard InChI is InChI=1S/C12H19N5O2/c1-9(2)17-8-10(7-14-17)15-11(18)12(19)16-5-3-13-4-6-16/h7-9,13H,3-6H2,1-2H3,(H,15,18). The van der Waals surface area contributed by atoms with Crippen LogP contribution in [0.15, 0.2) is 12.4 Å². The van der Waals surface area contributed by atoms with Crippen molar-refractivity contribution in [3.8, 4) is 0 Å². The summed E-state index contributed by atoms with van der Waals surface area (Å²) in [5.74, 6) is -1.09. The quantitative estimate of drug-likeness (QED) is 0.728. The number of rotatable bonds is 2. The molecule has 0 radical (unpaired) electrons. The topological polar surface area (TPSA) is 79.3 Å². The number of amides is 2. The van der Waals surface area contributed by atoms with Crippen molar-refractivity contribution in [1.29, 1.82) is 0 Å². The van der Waals surface area contributed by atoms with Crippen LogP contribution in [0.25, 0.3) is 0 Å². The Hall–Kier alpha value is -1.89. The molecule has 0 aliphatic carbocycles. The lowest BCUT2D eigenvalue weighted by Crippen LogP contribution is -2.49. The Morgan fingerprint density at radius 3 is 2.63 bits per heavy atom. The summed E-state index contributed by atoms with van der Waals surface area (Å²) in [4.78, 5) is 25.3. The van der Waals surface area contributed by atoms with Gasteiger partial charge in [-0.05, 0) is 13.8 Å². The normalized spacial score (nSPS) is 15.6. The Morgan fingerprint density at radius 1 is 1.37 bits per heavy atom. The highest BCUT2D eigenvalue weighted by Gasteiger charge is 2.23. The van der Waals surface area contributed by atoms with Crippen molar-refractivity contribution in [3.05, 3.63) is 12.4 Å². The fraction of sp³-hybridized carbons (Fsp3) is 0.583. The number of nitrogens with zero attached hydrogens (tertiary/aromatic N) is 3. The maximum atomic E-state index is 11.9. The van der Waals surface area contributed by atoms with Gasteiger partial charge in [0.2, 0.25) is 0 Å². The van der Waals surface area contributed by atoms with Gasteiger partial charge in [0, 0.05) is 38.4 Å². The molecule has 2 rings (SSSR count). The molecule has 19 heavy (non-hydrogen) atoms. The summed E-state index contributed by atoms with van der Waals surface area (Å²) >= 11 is 0. The van der Waals surface area contributed by atoms with E-state index in [9.17, 15) is 9.59 Å². The first kappa shape index (κ1) is 13.5. The van der Waals surface area contributed by atoms with Gasteiger partial charge in [-0.25, -0.2) is 0 Å². The molecule has 7 heteroatoms. The molecule has 0 aromatic carbocycles. The van der Waals surface area contributed by atoms with Gasteiger partial charge >= 0.3 is 11.8 Å². The van der Waals surface area contributed by atoms with Crippen LogP contribution in [0.5, 0.6) is 0 Å². The molecule has 1 fully saturated rings. The molecular formula is C12H19N5O2. The Labute approximate surface area is 111 Å². The summed E-state index contributed by atoms with van der Waals surface area (Å²) in [5.41, 5.74) is 0.544. The first-order valence-corrected chi connectivity index (χ1v) is 6.43. The van der Waals surface area contributed by atoms with Crippen LogP contribution < -0.4 is 10.6 Å². The van der Waals surface area contributed by atoms with Crippen LogP contribution in [0.2, 0.25) is 0 Å². The zero-order valence-corrected chi connectivity index (χ0v) is 11.2. The van der Waals surface area contributed by atoms with Crippen molar-refractivity contribution in [2.75, 3.05) is 31.5 Å². The fourth-order valence-electron chi connectivity index (χ4n) is 1.88. The second-order valence-electron chi connectivity index (χ2n) is 4.80. The Kier molecular flexibility index (Phi) is 4.16. The second-order valence-corrected chi connectivity index (χ2v) is 4.80. The average molecular weight is 265 g/mol. The number of anilines is 1. The third-order valence-electron chi connectivity index (χ3n) is 2.99. The van der Waals surface area contributed by atoms with Gasteiger partial charge in [-0.1, -0.05) is 0 Å². The first-order chi connectivity index (χ1) is 9.08. The predicted molar refractivity (Wildman–Crippen MR) is 70.7 cm³/mol. The molecule has 2 N–H and O–H groups in total. The van der Waals surface area contributed by atoms with Crippen LogP contribution in [0.3, 0.4) is 0 Å². The van der Waals surface area contributed by atoms with Gasteiger partial charge in [-0.2, -0.15) is 5.10 Å². The molecular weight excluding hydrogens is 246 g/mol. The van der Waals surface area contributed by atoms with Crippen molar-refractivity contribution in [1.82, 2.24) is 20.0 Å². The molecule has 0 atom stereocenters.